The normalized spacial score (nSPS) is 16.3. The molecule has 1 heterocycles. The van der Waals surface area contributed by atoms with Crippen LogP contribution in [0.2, 0.25) is 0 Å². The van der Waals surface area contributed by atoms with Crippen LogP contribution in [0.1, 0.15) is 26.2 Å². The molecule has 0 aliphatic carbocycles. The van der Waals surface area contributed by atoms with Crippen molar-refractivity contribution in [2.45, 2.75) is 32.2 Å². The summed E-state index contributed by atoms with van der Waals surface area (Å²) in [6.07, 6.45) is 2.64. The van der Waals surface area contributed by atoms with E-state index in [1.165, 1.54) is 0 Å². The number of ether oxygens (including phenoxy) is 1. The van der Waals surface area contributed by atoms with Crippen LogP contribution < -0.4 is 16.0 Å². The molecule has 6 heteroatoms. The summed E-state index contributed by atoms with van der Waals surface area (Å²) in [7, 11) is 0. The van der Waals surface area contributed by atoms with Crippen LogP contribution in [0.15, 0.2) is 0 Å². The second kappa shape index (κ2) is 8.88. The number of hydrogen-bond donors (Lipinski definition) is 3. The van der Waals surface area contributed by atoms with Gasteiger partial charge >= 0.3 is 0 Å². The quantitative estimate of drug-likeness (QED) is 0.569. The average molecular weight is 257 g/mol. The largest absolute Gasteiger partial charge is 0.381 e. The Morgan fingerprint density at radius 2 is 1.83 bits per heavy atom. The third-order valence-electron chi connectivity index (χ3n) is 2.73. The van der Waals surface area contributed by atoms with E-state index in [2.05, 4.69) is 16.0 Å². The van der Waals surface area contributed by atoms with Crippen LogP contribution in [0.3, 0.4) is 0 Å². The summed E-state index contributed by atoms with van der Waals surface area (Å²) in [4.78, 5) is 22.8. The van der Waals surface area contributed by atoms with E-state index in [0.29, 0.717) is 19.8 Å². The fraction of sp³-hybridized carbons (Fsp3) is 0.833. The highest BCUT2D eigenvalue weighted by atomic mass is 16.5. The smallest absolute Gasteiger partial charge is 0.234 e. The van der Waals surface area contributed by atoms with Crippen molar-refractivity contribution in [1.29, 1.82) is 0 Å². The first-order valence-electron chi connectivity index (χ1n) is 6.57. The molecule has 0 aromatic rings. The van der Waals surface area contributed by atoms with Crippen LogP contribution in [-0.4, -0.2) is 50.7 Å². The Morgan fingerprint density at radius 1 is 1.17 bits per heavy atom. The first-order chi connectivity index (χ1) is 8.72. The molecule has 1 saturated heterocycles. The highest BCUT2D eigenvalue weighted by Gasteiger charge is 2.15. The molecule has 0 radical (unpaired) electrons. The average Bonchev–Trinajstić information content (AvgIpc) is 2.37. The van der Waals surface area contributed by atoms with Gasteiger partial charge in [-0.25, -0.2) is 0 Å². The molecule has 104 valence electrons. The highest BCUT2D eigenvalue weighted by molar-refractivity contribution is 5.81. The van der Waals surface area contributed by atoms with Gasteiger partial charge in [0, 0.05) is 25.8 Å². The first kappa shape index (κ1) is 14.9. The Morgan fingerprint density at radius 3 is 2.50 bits per heavy atom. The Kier molecular flexibility index (Phi) is 7.36. The molecular weight excluding hydrogens is 234 g/mol. The molecule has 1 rings (SSSR count). The third-order valence-corrected chi connectivity index (χ3v) is 2.73. The van der Waals surface area contributed by atoms with Gasteiger partial charge in [-0.05, 0) is 19.3 Å². The molecule has 6 nitrogen and oxygen atoms in total. The van der Waals surface area contributed by atoms with Gasteiger partial charge in [-0.3, -0.25) is 14.9 Å². The molecule has 0 bridgehead atoms. The number of nitrogens with one attached hydrogen (secondary N) is 3. The molecule has 0 spiro atoms. The van der Waals surface area contributed by atoms with Gasteiger partial charge in [-0.1, -0.05) is 6.92 Å². The maximum absolute atomic E-state index is 11.6. The van der Waals surface area contributed by atoms with Crippen LogP contribution in [0.25, 0.3) is 0 Å². The van der Waals surface area contributed by atoms with E-state index in [1.54, 1.807) is 0 Å². The van der Waals surface area contributed by atoms with Crippen LogP contribution in [-0.2, 0) is 14.3 Å². The van der Waals surface area contributed by atoms with Crippen LogP contribution in [0.5, 0.6) is 0 Å². The summed E-state index contributed by atoms with van der Waals surface area (Å²) >= 11 is 0. The minimum atomic E-state index is -0.0734. The fourth-order valence-corrected chi connectivity index (χ4v) is 1.74. The summed E-state index contributed by atoms with van der Waals surface area (Å²) in [5.74, 6) is -0.138. The van der Waals surface area contributed by atoms with Gasteiger partial charge < -0.3 is 15.4 Å². The lowest BCUT2D eigenvalue weighted by atomic mass is 10.1. The van der Waals surface area contributed by atoms with Gasteiger partial charge in [0.15, 0.2) is 0 Å². The van der Waals surface area contributed by atoms with Crippen molar-refractivity contribution in [3.63, 3.8) is 0 Å². The topological polar surface area (TPSA) is 79.5 Å². The van der Waals surface area contributed by atoms with E-state index in [-0.39, 0.29) is 30.9 Å². The van der Waals surface area contributed by atoms with Gasteiger partial charge in [0.25, 0.3) is 0 Å². The lowest BCUT2D eigenvalue weighted by Crippen LogP contribution is -2.44. The first-order valence-corrected chi connectivity index (χ1v) is 6.57. The van der Waals surface area contributed by atoms with E-state index in [4.69, 9.17) is 4.74 Å². The Balaban J connectivity index is 2.04. The molecule has 0 atom stereocenters. The second-order valence-corrected chi connectivity index (χ2v) is 4.41. The van der Waals surface area contributed by atoms with Crippen molar-refractivity contribution in [2.24, 2.45) is 0 Å². The number of hydrogen-bond acceptors (Lipinski definition) is 4. The number of carbonyl (C=O) groups excluding carboxylic acids is 2. The highest BCUT2D eigenvalue weighted by Crippen LogP contribution is 2.05. The summed E-state index contributed by atoms with van der Waals surface area (Å²) in [5, 5.41) is 8.49. The standard InChI is InChI=1S/C12H23N3O3/c1-2-5-14-11(16)8-13-9-12(17)15-10-3-6-18-7-4-10/h10,13H,2-9H2,1H3,(H,14,16)(H,15,17). The maximum atomic E-state index is 11.6. The van der Waals surface area contributed by atoms with E-state index < -0.39 is 0 Å². The molecule has 2 amide bonds. The van der Waals surface area contributed by atoms with Gasteiger partial charge in [0.1, 0.15) is 0 Å². The van der Waals surface area contributed by atoms with Crippen molar-refractivity contribution in [3.05, 3.63) is 0 Å². The molecule has 0 aromatic heterocycles. The zero-order chi connectivity index (χ0) is 13.2. The minimum absolute atomic E-state index is 0.0646. The lowest BCUT2D eigenvalue weighted by molar-refractivity contribution is -0.122. The zero-order valence-electron chi connectivity index (χ0n) is 11.0. The Bertz CT molecular complexity index is 265. The zero-order valence-corrected chi connectivity index (χ0v) is 11.0. The van der Waals surface area contributed by atoms with Gasteiger partial charge in [-0.2, -0.15) is 0 Å². The van der Waals surface area contributed by atoms with Crippen molar-refractivity contribution in [2.75, 3.05) is 32.8 Å². The van der Waals surface area contributed by atoms with Gasteiger partial charge in [-0.15, -0.1) is 0 Å². The monoisotopic (exact) mass is 257 g/mol. The third kappa shape index (κ3) is 6.56. The Labute approximate surface area is 108 Å². The number of rotatable bonds is 7. The maximum Gasteiger partial charge on any atom is 0.234 e. The minimum Gasteiger partial charge on any atom is -0.381 e. The lowest BCUT2D eigenvalue weighted by Gasteiger charge is -2.23. The second-order valence-electron chi connectivity index (χ2n) is 4.41. The predicted octanol–water partition coefficient (Wildman–Crippen LogP) is -0.603. The van der Waals surface area contributed by atoms with E-state index in [1.807, 2.05) is 6.92 Å². The SMILES string of the molecule is CCCNC(=O)CNCC(=O)NC1CCOCC1. The van der Waals surface area contributed by atoms with Gasteiger partial charge in [0.05, 0.1) is 13.1 Å². The number of carbonyl (C=O) groups is 2. The molecule has 1 fully saturated rings. The fourth-order valence-electron chi connectivity index (χ4n) is 1.74. The molecule has 1 aliphatic rings. The molecule has 0 unspecified atom stereocenters. The molecule has 18 heavy (non-hydrogen) atoms. The van der Waals surface area contributed by atoms with Crippen molar-refractivity contribution < 1.29 is 14.3 Å². The van der Waals surface area contributed by atoms with Crippen molar-refractivity contribution in [3.8, 4) is 0 Å². The molecule has 1 aliphatic heterocycles. The van der Waals surface area contributed by atoms with Crippen molar-refractivity contribution >= 4 is 11.8 Å². The van der Waals surface area contributed by atoms with E-state index in [0.717, 1.165) is 19.3 Å². The summed E-state index contributed by atoms with van der Waals surface area (Å²) < 4.78 is 5.21. The van der Waals surface area contributed by atoms with Crippen molar-refractivity contribution in [1.82, 2.24) is 16.0 Å². The van der Waals surface area contributed by atoms with E-state index in [9.17, 15) is 9.59 Å². The molecule has 3 N–H and O–H groups in total. The molecule has 0 saturated carbocycles. The summed E-state index contributed by atoms with van der Waals surface area (Å²) in [5.41, 5.74) is 0. The van der Waals surface area contributed by atoms with E-state index >= 15 is 0 Å². The summed E-state index contributed by atoms with van der Waals surface area (Å²) in [6.45, 7) is 4.44. The van der Waals surface area contributed by atoms with Gasteiger partial charge in [0.2, 0.25) is 11.8 Å². The van der Waals surface area contributed by atoms with Crippen LogP contribution >= 0.6 is 0 Å². The Hall–Kier alpha value is -1.14. The summed E-state index contributed by atoms with van der Waals surface area (Å²) in [6, 6.07) is 0.210. The number of amides is 2. The molecule has 0 aromatic carbocycles. The van der Waals surface area contributed by atoms with Crippen LogP contribution in [0.4, 0.5) is 0 Å². The van der Waals surface area contributed by atoms with Crippen LogP contribution in [0, 0.1) is 0 Å². The molecular formula is C12H23N3O3. The predicted molar refractivity (Wildman–Crippen MR) is 68.2 cm³/mol.